The molecule has 0 saturated heterocycles. The van der Waals surface area contributed by atoms with E-state index >= 15 is 0 Å². The van der Waals surface area contributed by atoms with Gasteiger partial charge >= 0.3 is 5.97 Å². The number of carbonyl (C=O) groups is 3. The number of anilines is 1. The molecule has 2 amide bonds. The average molecular weight is 455 g/mol. The Morgan fingerprint density at radius 1 is 0.969 bits per heavy atom. The summed E-state index contributed by atoms with van der Waals surface area (Å²) in [6.45, 7) is 1.24. The minimum atomic E-state index is -0.634. The molecule has 8 heteroatoms. The number of benzene rings is 3. The van der Waals surface area contributed by atoms with Gasteiger partial charge in [0.05, 0.1) is 24.4 Å². The number of ether oxygens (including phenoxy) is 2. The van der Waals surface area contributed by atoms with Gasteiger partial charge in [0.1, 0.15) is 13.2 Å². The summed E-state index contributed by atoms with van der Waals surface area (Å²) in [5.41, 5.74) is 1.35. The number of hydrogen-bond acceptors (Lipinski definition) is 5. The van der Waals surface area contributed by atoms with Crippen molar-refractivity contribution in [3.63, 3.8) is 0 Å². The number of carbonyl (C=O) groups excluding carboxylic acids is 3. The molecule has 0 aliphatic rings. The van der Waals surface area contributed by atoms with Gasteiger partial charge in [0.15, 0.2) is 0 Å². The second-order valence-electron chi connectivity index (χ2n) is 7.08. The molecule has 32 heavy (non-hydrogen) atoms. The molecule has 3 aromatic rings. The SMILES string of the molecule is COC(=O)c1cc(Cl)ccc1NC(=O)COCC(=O)NC(C)c1cccc2ccccc12. The lowest BCUT2D eigenvalue weighted by molar-refractivity contribution is -0.129. The van der Waals surface area contributed by atoms with Gasteiger partial charge in [-0.15, -0.1) is 0 Å². The van der Waals surface area contributed by atoms with Crippen LogP contribution < -0.4 is 10.6 Å². The fourth-order valence-electron chi connectivity index (χ4n) is 3.32. The lowest BCUT2D eigenvalue weighted by Crippen LogP contribution is -2.31. The first kappa shape index (κ1) is 23.2. The number of nitrogens with one attached hydrogen (secondary N) is 2. The number of hydrogen-bond donors (Lipinski definition) is 2. The third-order valence-corrected chi connectivity index (χ3v) is 5.03. The van der Waals surface area contributed by atoms with E-state index in [4.69, 9.17) is 21.1 Å². The van der Waals surface area contributed by atoms with E-state index in [2.05, 4.69) is 10.6 Å². The number of esters is 1. The van der Waals surface area contributed by atoms with Crippen LogP contribution in [0.15, 0.2) is 60.7 Å². The van der Waals surface area contributed by atoms with E-state index in [-0.39, 0.29) is 36.4 Å². The van der Waals surface area contributed by atoms with Crippen molar-refractivity contribution < 1.29 is 23.9 Å². The Morgan fingerprint density at radius 2 is 1.69 bits per heavy atom. The van der Waals surface area contributed by atoms with E-state index in [0.717, 1.165) is 16.3 Å². The maximum absolute atomic E-state index is 12.3. The predicted octanol–water partition coefficient (Wildman–Crippen LogP) is 4.11. The summed E-state index contributed by atoms with van der Waals surface area (Å²) in [6.07, 6.45) is 0. The molecule has 0 aliphatic heterocycles. The van der Waals surface area contributed by atoms with Gasteiger partial charge in [0, 0.05) is 5.02 Å². The summed E-state index contributed by atoms with van der Waals surface area (Å²) in [5, 5.41) is 7.92. The molecule has 2 N–H and O–H groups in total. The Kier molecular flexibility index (Phi) is 7.81. The Labute approximate surface area is 190 Å². The molecule has 0 aliphatic carbocycles. The number of rotatable bonds is 8. The van der Waals surface area contributed by atoms with Crippen molar-refractivity contribution in [3.05, 3.63) is 76.8 Å². The Bertz CT molecular complexity index is 1140. The normalized spacial score (nSPS) is 11.6. The highest BCUT2D eigenvalue weighted by molar-refractivity contribution is 6.31. The molecule has 1 atom stereocenters. The zero-order chi connectivity index (χ0) is 23.1. The summed E-state index contributed by atoms with van der Waals surface area (Å²) in [5.74, 6) is -1.50. The quantitative estimate of drug-likeness (QED) is 0.499. The van der Waals surface area contributed by atoms with Crippen LogP contribution in [0.2, 0.25) is 5.02 Å². The van der Waals surface area contributed by atoms with Gasteiger partial charge in [-0.25, -0.2) is 4.79 Å². The molecule has 166 valence electrons. The van der Waals surface area contributed by atoms with Crippen molar-refractivity contribution in [1.82, 2.24) is 5.32 Å². The van der Waals surface area contributed by atoms with E-state index in [1.807, 2.05) is 49.4 Å². The van der Waals surface area contributed by atoms with Crippen LogP contribution in [0.3, 0.4) is 0 Å². The number of amides is 2. The molecule has 1 unspecified atom stereocenters. The zero-order valence-electron chi connectivity index (χ0n) is 17.7. The van der Waals surface area contributed by atoms with Crippen molar-refractivity contribution in [2.24, 2.45) is 0 Å². The van der Waals surface area contributed by atoms with Crippen molar-refractivity contribution in [1.29, 1.82) is 0 Å². The zero-order valence-corrected chi connectivity index (χ0v) is 18.4. The summed E-state index contributed by atoms with van der Waals surface area (Å²) in [6, 6.07) is 18.1. The van der Waals surface area contributed by atoms with Gasteiger partial charge < -0.3 is 20.1 Å². The number of fused-ring (bicyclic) bond motifs is 1. The van der Waals surface area contributed by atoms with Crippen LogP contribution >= 0.6 is 11.6 Å². The van der Waals surface area contributed by atoms with Crippen LogP contribution in [0, 0.1) is 0 Å². The van der Waals surface area contributed by atoms with Crippen LogP contribution in [0.25, 0.3) is 10.8 Å². The lowest BCUT2D eigenvalue weighted by atomic mass is 10.00. The van der Waals surface area contributed by atoms with Crippen LogP contribution in [-0.4, -0.2) is 38.1 Å². The highest BCUT2D eigenvalue weighted by Crippen LogP contribution is 2.24. The summed E-state index contributed by atoms with van der Waals surface area (Å²) >= 11 is 5.90. The fraction of sp³-hybridized carbons (Fsp3) is 0.208. The fourth-order valence-corrected chi connectivity index (χ4v) is 3.49. The Hall–Kier alpha value is -3.42. The largest absolute Gasteiger partial charge is 0.465 e. The highest BCUT2D eigenvalue weighted by atomic mass is 35.5. The molecule has 0 saturated carbocycles. The summed E-state index contributed by atoms with van der Waals surface area (Å²) in [7, 11) is 1.23. The molecule has 0 fully saturated rings. The van der Waals surface area contributed by atoms with E-state index in [1.54, 1.807) is 0 Å². The first-order valence-electron chi connectivity index (χ1n) is 9.91. The standard InChI is InChI=1S/C24H23ClN2O5/c1-15(18-9-5-7-16-6-3-4-8-19(16)18)26-22(28)13-32-14-23(29)27-21-11-10-17(25)12-20(21)24(30)31-2/h3-12,15H,13-14H2,1-2H3,(H,26,28)(H,27,29). The molecule has 0 heterocycles. The minimum Gasteiger partial charge on any atom is -0.465 e. The molecule has 3 rings (SSSR count). The maximum Gasteiger partial charge on any atom is 0.340 e. The van der Waals surface area contributed by atoms with Crippen LogP contribution in [0.5, 0.6) is 0 Å². The molecular formula is C24H23ClN2O5. The van der Waals surface area contributed by atoms with Gasteiger partial charge in [-0.2, -0.15) is 0 Å². The van der Waals surface area contributed by atoms with Crippen LogP contribution in [-0.2, 0) is 19.1 Å². The van der Waals surface area contributed by atoms with E-state index < -0.39 is 11.9 Å². The van der Waals surface area contributed by atoms with Gasteiger partial charge in [-0.3, -0.25) is 9.59 Å². The third-order valence-electron chi connectivity index (χ3n) is 4.79. The van der Waals surface area contributed by atoms with Gasteiger partial charge in [-0.1, -0.05) is 54.1 Å². The number of methoxy groups -OCH3 is 1. The van der Waals surface area contributed by atoms with Gasteiger partial charge in [0.2, 0.25) is 11.8 Å². The van der Waals surface area contributed by atoms with Crippen LogP contribution in [0.4, 0.5) is 5.69 Å². The predicted molar refractivity (Wildman–Crippen MR) is 123 cm³/mol. The molecule has 3 aromatic carbocycles. The van der Waals surface area contributed by atoms with Crippen molar-refractivity contribution in [2.75, 3.05) is 25.6 Å². The monoisotopic (exact) mass is 454 g/mol. The Balaban J connectivity index is 1.52. The second-order valence-corrected chi connectivity index (χ2v) is 7.52. The minimum absolute atomic E-state index is 0.120. The van der Waals surface area contributed by atoms with Crippen molar-refractivity contribution in [3.8, 4) is 0 Å². The summed E-state index contributed by atoms with van der Waals surface area (Å²) in [4.78, 5) is 36.3. The lowest BCUT2D eigenvalue weighted by Gasteiger charge is -2.17. The van der Waals surface area contributed by atoms with E-state index in [9.17, 15) is 14.4 Å². The molecule has 0 aromatic heterocycles. The topological polar surface area (TPSA) is 93.7 Å². The third kappa shape index (κ3) is 5.84. The van der Waals surface area contributed by atoms with Crippen molar-refractivity contribution >= 4 is 45.8 Å². The molecule has 0 bridgehead atoms. The Morgan fingerprint density at radius 3 is 2.47 bits per heavy atom. The average Bonchev–Trinajstić information content (AvgIpc) is 2.79. The molecule has 7 nitrogen and oxygen atoms in total. The van der Waals surface area contributed by atoms with Gasteiger partial charge in [0.25, 0.3) is 0 Å². The van der Waals surface area contributed by atoms with E-state index in [0.29, 0.717) is 5.02 Å². The highest BCUT2D eigenvalue weighted by Gasteiger charge is 2.16. The maximum atomic E-state index is 12.3. The smallest absolute Gasteiger partial charge is 0.340 e. The molecule has 0 spiro atoms. The number of halogens is 1. The first-order valence-corrected chi connectivity index (χ1v) is 10.3. The molecular weight excluding hydrogens is 432 g/mol. The van der Waals surface area contributed by atoms with Crippen molar-refractivity contribution in [2.45, 2.75) is 13.0 Å². The second kappa shape index (κ2) is 10.7. The van der Waals surface area contributed by atoms with Crippen LogP contribution in [0.1, 0.15) is 28.9 Å². The molecule has 0 radical (unpaired) electrons. The van der Waals surface area contributed by atoms with Gasteiger partial charge in [-0.05, 0) is 41.5 Å². The first-order chi connectivity index (χ1) is 15.4. The summed E-state index contributed by atoms with van der Waals surface area (Å²) < 4.78 is 9.93. The van der Waals surface area contributed by atoms with E-state index in [1.165, 1.54) is 25.3 Å².